The van der Waals surface area contributed by atoms with Crippen LogP contribution in [-0.4, -0.2) is 23.8 Å². The summed E-state index contributed by atoms with van der Waals surface area (Å²) in [4.78, 5) is 4.69. The van der Waals surface area contributed by atoms with E-state index in [1.54, 1.807) is 18.5 Å². The molecule has 2 rings (SSSR count). The molecule has 0 saturated heterocycles. The van der Waals surface area contributed by atoms with Crippen molar-refractivity contribution in [3.05, 3.63) is 11.6 Å². The lowest BCUT2D eigenvalue weighted by Crippen LogP contribution is -2.33. The summed E-state index contributed by atoms with van der Waals surface area (Å²) in [5.74, 6) is 5.47. The van der Waals surface area contributed by atoms with Crippen LogP contribution in [0.3, 0.4) is 0 Å². The molecule has 4 N–H and O–H groups in total. The van der Waals surface area contributed by atoms with E-state index in [9.17, 15) is 8.42 Å². The molecule has 0 saturated carbocycles. The van der Waals surface area contributed by atoms with Crippen LogP contribution in [0.5, 0.6) is 0 Å². The zero-order valence-electron chi connectivity index (χ0n) is 10.0. The van der Waals surface area contributed by atoms with Crippen molar-refractivity contribution < 1.29 is 8.42 Å². The van der Waals surface area contributed by atoms with Gasteiger partial charge in [-0.3, -0.25) is 4.40 Å². The molecule has 18 heavy (non-hydrogen) atoms. The third-order valence-electron chi connectivity index (χ3n) is 2.58. The highest BCUT2D eigenvalue weighted by molar-refractivity contribution is 7.89. The van der Waals surface area contributed by atoms with Gasteiger partial charge in [-0.15, -0.1) is 11.3 Å². The molecule has 0 fully saturated rings. The first-order chi connectivity index (χ1) is 8.49. The highest BCUT2D eigenvalue weighted by Crippen LogP contribution is 2.25. The Morgan fingerprint density at radius 2 is 2.33 bits per heavy atom. The van der Waals surface area contributed by atoms with Gasteiger partial charge in [0.1, 0.15) is 0 Å². The normalized spacial score (nSPS) is 13.9. The lowest BCUT2D eigenvalue weighted by Gasteiger charge is -2.12. The molecule has 1 unspecified atom stereocenters. The minimum Gasteiger partial charge on any atom is -0.306 e. The zero-order valence-corrected chi connectivity index (χ0v) is 11.7. The minimum absolute atomic E-state index is 0.0431. The number of nitrogens with one attached hydrogen (secondary N) is 2. The van der Waals surface area contributed by atoms with Gasteiger partial charge in [0, 0.05) is 17.6 Å². The Bertz CT molecular complexity index is 645. The number of sulfonamides is 1. The van der Waals surface area contributed by atoms with Crippen LogP contribution in [0, 0.1) is 0 Å². The molecule has 0 radical (unpaired) electrons. The Morgan fingerprint density at radius 3 is 2.94 bits per heavy atom. The number of nitrogen functional groups attached to an aromatic ring is 1. The molecule has 9 heteroatoms. The van der Waals surface area contributed by atoms with Crippen LogP contribution in [0.1, 0.15) is 20.3 Å². The van der Waals surface area contributed by atoms with E-state index >= 15 is 0 Å². The second-order valence-electron chi connectivity index (χ2n) is 3.90. The summed E-state index contributed by atoms with van der Waals surface area (Å²) < 4.78 is 28.7. The number of hydrazine groups is 1. The highest BCUT2D eigenvalue weighted by Gasteiger charge is 2.26. The summed E-state index contributed by atoms with van der Waals surface area (Å²) in [7, 11) is -3.65. The van der Waals surface area contributed by atoms with E-state index in [1.165, 1.54) is 15.7 Å². The second-order valence-corrected chi connectivity index (χ2v) is 6.40. The predicted molar refractivity (Wildman–Crippen MR) is 71.0 cm³/mol. The summed E-state index contributed by atoms with van der Waals surface area (Å²) in [6, 6.07) is -0.148. The first kappa shape index (κ1) is 13.3. The van der Waals surface area contributed by atoms with Gasteiger partial charge in [-0.2, -0.15) is 4.98 Å². The molecule has 0 aliphatic heterocycles. The molecule has 0 amide bonds. The Labute approximate surface area is 109 Å². The molecule has 100 valence electrons. The lowest BCUT2D eigenvalue weighted by molar-refractivity contribution is 0.552. The van der Waals surface area contributed by atoms with Gasteiger partial charge in [0.05, 0.1) is 0 Å². The monoisotopic (exact) mass is 289 g/mol. The number of hydrogen-bond acceptors (Lipinski definition) is 6. The number of hydrogen-bond donors (Lipinski definition) is 3. The Hall–Kier alpha value is -1.16. The SMILES string of the molecule is CCC(C)NS(=O)(=O)c1c(NN)nc2sccn12. The number of nitrogens with zero attached hydrogens (tertiary/aromatic N) is 2. The van der Waals surface area contributed by atoms with Crippen molar-refractivity contribution in [2.24, 2.45) is 5.84 Å². The fraction of sp³-hybridized carbons (Fsp3) is 0.444. The Morgan fingerprint density at radius 1 is 1.61 bits per heavy atom. The van der Waals surface area contributed by atoms with E-state index in [2.05, 4.69) is 15.1 Å². The summed E-state index contributed by atoms with van der Waals surface area (Å²) in [6.45, 7) is 3.71. The van der Waals surface area contributed by atoms with Crippen molar-refractivity contribution in [3.8, 4) is 0 Å². The molecule has 0 aromatic carbocycles. The number of imidazole rings is 1. The smallest absolute Gasteiger partial charge is 0.260 e. The first-order valence-electron chi connectivity index (χ1n) is 5.44. The van der Waals surface area contributed by atoms with E-state index in [1.807, 2.05) is 6.92 Å². The standard InChI is InChI=1S/C9H15N5O2S2/c1-3-6(2)13-18(15,16)8-7(12-10)11-9-14(8)4-5-17-9/h4-6,12-13H,3,10H2,1-2H3. The van der Waals surface area contributed by atoms with E-state index in [4.69, 9.17) is 5.84 Å². The predicted octanol–water partition coefficient (Wildman–Crippen LogP) is 0.758. The number of anilines is 1. The number of aromatic nitrogens is 2. The maximum atomic E-state index is 12.3. The highest BCUT2D eigenvalue weighted by atomic mass is 32.2. The summed E-state index contributed by atoms with van der Waals surface area (Å²) >= 11 is 1.34. The molecule has 0 spiro atoms. The molecule has 0 aliphatic carbocycles. The summed E-state index contributed by atoms with van der Waals surface area (Å²) in [6.07, 6.45) is 2.36. The number of rotatable bonds is 5. The molecule has 0 bridgehead atoms. The topological polar surface area (TPSA) is 102 Å². The van der Waals surface area contributed by atoms with E-state index in [-0.39, 0.29) is 16.9 Å². The van der Waals surface area contributed by atoms with Gasteiger partial charge in [-0.05, 0) is 13.3 Å². The average molecular weight is 289 g/mol. The van der Waals surface area contributed by atoms with E-state index < -0.39 is 10.0 Å². The fourth-order valence-electron chi connectivity index (χ4n) is 1.52. The van der Waals surface area contributed by atoms with Gasteiger partial charge >= 0.3 is 0 Å². The minimum atomic E-state index is -3.65. The molecule has 2 heterocycles. The second kappa shape index (κ2) is 4.84. The van der Waals surface area contributed by atoms with Crippen LogP contribution >= 0.6 is 11.3 Å². The average Bonchev–Trinajstić information content (AvgIpc) is 2.86. The number of thiazole rings is 1. The summed E-state index contributed by atoms with van der Waals surface area (Å²) in [5, 5.41) is 1.81. The summed E-state index contributed by atoms with van der Waals surface area (Å²) in [5.41, 5.74) is 2.32. The van der Waals surface area contributed by atoms with Gasteiger partial charge in [-0.25, -0.2) is 19.0 Å². The van der Waals surface area contributed by atoms with Crippen molar-refractivity contribution in [2.45, 2.75) is 31.3 Å². The van der Waals surface area contributed by atoms with Gasteiger partial charge in [-0.1, -0.05) is 6.92 Å². The van der Waals surface area contributed by atoms with Gasteiger partial charge < -0.3 is 5.43 Å². The van der Waals surface area contributed by atoms with Crippen LogP contribution in [0.15, 0.2) is 16.6 Å². The Kier molecular flexibility index (Phi) is 3.57. The van der Waals surface area contributed by atoms with Gasteiger partial charge in [0.15, 0.2) is 10.8 Å². The van der Waals surface area contributed by atoms with Crippen LogP contribution in [0.4, 0.5) is 5.82 Å². The van der Waals surface area contributed by atoms with Crippen LogP contribution < -0.4 is 16.0 Å². The maximum Gasteiger partial charge on any atom is 0.260 e. The van der Waals surface area contributed by atoms with Crippen molar-refractivity contribution in [1.29, 1.82) is 0 Å². The van der Waals surface area contributed by atoms with Gasteiger partial charge in [0.2, 0.25) is 5.03 Å². The first-order valence-corrected chi connectivity index (χ1v) is 7.80. The molecule has 2 aromatic rings. The van der Waals surface area contributed by atoms with Crippen molar-refractivity contribution >= 4 is 32.1 Å². The number of fused-ring (bicyclic) bond motifs is 1. The fourth-order valence-corrected chi connectivity index (χ4v) is 3.86. The molecular weight excluding hydrogens is 274 g/mol. The molecule has 2 aromatic heterocycles. The number of nitrogens with two attached hydrogens (primary N) is 1. The van der Waals surface area contributed by atoms with Crippen molar-refractivity contribution in [2.75, 3.05) is 5.43 Å². The molecule has 1 atom stereocenters. The molecule has 7 nitrogen and oxygen atoms in total. The maximum absolute atomic E-state index is 12.3. The van der Waals surface area contributed by atoms with Crippen LogP contribution in [-0.2, 0) is 10.0 Å². The lowest BCUT2D eigenvalue weighted by atomic mass is 10.3. The largest absolute Gasteiger partial charge is 0.306 e. The van der Waals surface area contributed by atoms with E-state index in [0.29, 0.717) is 11.4 Å². The third-order valence-corrected chi connectivity index (χ3v) is 4.95. The van der Waals surface area contributed by atoms with Crippen LogP contribution in [0.25, 0.3) is 4.96 Å². The Balaban J connectivity index is 2.54. The quantitative estimate of drug-likeness (QED) is 0.557. The van der Waals surface area contributed by atoms with Crippen molar-refractivity contribution in [3.63, 3.8) is 0 Å². The zero-order chi connectivity index (χ0) is 13.3. The van der Waals surface area contributed by atoms with Crippen molar-refractivity contribution in [1.82, 2.24) is 14.1 Å². The van der Waals surface area contributed by atoms with Gasteiger partial charge in [0.25, 0.3) is 10.0 Å². The molecule has 0 aliphatic rings. The van der Waals surface area contributed by atoms with Crippen LogP contribution in [0.2, 0.25) is 0 Å². The third kappa shape index (κ3) is 2.21. The van der Waals surface area contributed by atoms with E-state index in [0.717, 1.165) is 0 Å². The molecular formula is C9H15N5O2S2.